The van der Waals surface area contributed by atoms with E-state index in [4.69, 9.17) is 23.3 Å². The van der Waals surface area contributed by atoms with Crippen molar-refractivity contribution in [3.05, 3.63) is 60.8 Å². The van der Waals surface area contributed by atoms with Crippen molar-refractivity contribution in [3.63, 3.8) is 0 Å². The first-order valence-electron chi connectivity index (χ1n) is 32.2. The molecule has 0 aromatic carbocycles. The molecule has 0 aromatic heterocycles. The zero-order chi connectivity index (χ0) is 56.9. The Morgan fingerprint density at radius 1 is 0.372 bits per heavy atom. The molecule has 454 valence electrons. The number of hydrogen-bond acceptors (Lipinski definition) is 10. The van der Waals surface area contributed by atoms with Gasteiger partial charge in [0.25, 0.3) is 0 Å². The molecule has 0 bridgehead atoms. The highest BCUT2D eigenvalue weighted by atomic mass is 31.2. The molecule has 0 aromatic rings. The van der Waals surface area contributed by atoms with Crippen molar-refractivity contribution in [2.75, 3.05) is 26.4 Å². The van der Waals surface area contributed by atoms with Crippen LogP contribution in [0.3, 0.4) is 0 Å². The fourth-order valence-electron chi connectivity index (χ4n) is 9.05. The van der Waals surface area contributed by atoms with Gasteiger partial charge in [0.1, 0.15) is 12.7 Å². The molecule has 11 nitrogen and oxygen atoms in total. The first kappa shape index (κ1) is 75.2. The molecule has 0 aliphatic carbocycles. The van der Waals surface area contributed by atoms with Gasteiger partial charge in [-0.05, 0) is 83.5 Å². The zero-order valence-electron chi connectivity index (χ0n) is 50.4. The fourth-order valence-corrected chi connectivity index (χ4v) is 9.83. The van der Waals surface area contributed by atoms with Crippen LogP contribution in [0.15, 0.2) is 60.8 Å². The molecule has 0 aliphatic rings. The van der Waals surface area contributed by atoms with Crippen LogP contribution in [-0.2, 0) is 42.2 Å². The third kappa shape index (κ3) is 57.9. The second kappa shape index (κ2) is 60.3. The summed E-state index contributed by atoms with van der Waals surface area (Å²) in [6.45, 7) is 4.54. The summed E-state index contributed by atoms with van der Waals surface area (Å²) in [6, 6.07) is 0. The lowest BCUT2D eigenvalue weighted by Crippen LogP contribution is -2.30. The number of allylic oxidation sites excluding steroid dienone is 10. The van der Waals surface area contributed by atoms with E-state index in [1.807, 2.05) is 0 Å². The average molecular weight is 1120 g/mol. The maximum absolute atomic E-state index is 13.0. The molecule has 0 rings (SSSR count). The predicted octanol–water partition coefficient (Wildman–Crippen LogP) is 19.5. The summed E-state index contributed by atoms with van der Waals surface area (Å²) in [5.74, 6) is -1.47. The quantitative estimate of drug-likeness (QED) is 0.0197. The highest BCUT2D eigenvalue weighted by Gasteiger charge is 2.28. The second-order valence-corrected chi connectivity index (χ2v) is 23.0. The monoisotopic (exact) mass is 1120 g/mol. The summed E-state index contributed by atoms with van der Waals surface area (Å²) in [5, 5.41) is 9.84. The normalized spacial score (nSPS) is 13.7. The summed E-state index contributed by atoms with van der Waals surface area (Å²) in [6.07, 6.45) is 67.4. The number of phosphoric acid groups is 1. The number of hydrogen-bond donors (Lipinski definition) is 2. The molecule has 3 unspecified atom stereocenters. The van der Waals surface area contributed by atoms with E-state index in [1.54, 1.807) is 0 Å². The lowest BCUT2D eigenvalue weighted by Gasteiger charge is -2.21. The lowest BCUT2D eigenvalue weighted by molar-refractivity contribution is -0.161. The van der Waals surface area contributed by atoms with Crippen molar-refractivity contribution in [1.82, 2.24) is 0 Å². The number of rotatable bonds is 60. The van der Waals surface area contributed by atoms with Crippen LogP contribution < -0.4 is 0 Å². The van der Waals surface area contributed by atoms with Crippen LogP contribution in [0.2, 0.25) is 0 Å². The van der Waals surface area contributed by atoms with Crippen LogP contribution >= 0.6 is 7.82 Å². The van der Waals surface area contributed by atoms with E-state index in [9.17, 15) is 28.9 Å². The largest absolute Gasteiger partial charge is 0.472 e. The average Bonchev–Trinajstić information content (AvgIpc) is 3.43. The molecule has 12 heteroatoms. The lowest BCUT2D eigenvalue weighted by atomic mass is 10.0. The first-order chi connectivity index (χ1) is 38.2. The van der Waals surface area contributed by atoms with Crippen molar-refractivity contribution in [1.29, 1.82) is 0 Å². The zero-order valence-corrected chi connectivity index (χ0v) is 51.3. The topological polar surface area (TPSA) is 155 Å². The van der Waals surface area contributed by atoms with Gasteiger partial charge in [-0.2, -0.15) is 0 Å². The van der Waals surface area contributed by atoms with E-state index in [2.05, 4.69) is 81.5 Å². The Hall–Kier alpha value is -2.82. The van der Waals surface area contributed by atoms with Crippen molar-refractivity contribution in [2.24, 2.45) is 0 Å². The SMILES string of the molecule is CC/C=C\C/C=C\C/C=C\CCCCCCCC(=O)OC(CO)COP(=O)(O)OCC(COC(=O)CCCCCCCCC/C=C\C/C=C\CCCCC)OC(=O)CCCCCCCCCCCCCCCCCCCCC. The number of carbonyl (C=O) groups excluding carboxylic acids is 3. The van der Waals surface area contributed by atoms with E-state index < -0.39 is 57.8 Å². The molecule has 78 heavy (non-hydrogen) atoms. The summed E-state index contributed by atoms with van der Waals surface area (Å²) in [4.78, 5) is 48.7. The van der Waals surface area contributed by atoms with Crippen LogP contribution in [0.5, 0.6) is 0 Å². The second-order valence-electron chi connectivity index (χ2n) is 21.6. The van der Waals surface area contributed by atoms with Gasteiger partial charge in [-0.3, -0.25) is 23.4 Å². The molecule has 3 atom stereocenters. The minimum absolute atomic E-state index is 0.158. The van der Waals surface area contributed by atoms with Crippen LogP contribution in [-0.4, -0.2) is 66.5 Å². The molecule has 0 fully saturated rings. The summed E-state index contributed by atoms with van der Waals surface area (Å²) < 4.78 is 39.7. The Kier molecular flexibility index (Phi) is 58.1. The fraction of sp³-hybridized carbons (Fsp3) is 0.803. The van der Waals surface area contributed by atoms with Crippen LogP contribution in [0, 0.1) is 0 Å². The van der Waals surface area contributed by atoms with Gasteiger partial charge >= 0.3 is 25.7 Å². The number of aliphatic hydroxyl groups is 1. The van der Waals surface area contributed by atoms with E-state index in [0.29, 0.717) is 19.3 Å². The van der Waals surface area contributed by atoms with Crippen molar-refractivity contribution in [3.8, 4) is 0 Å². The van der Waals surface area contributed by atoms with Crippen LogP contribution in [0.1, 0.15) is 303 Å². The third-order valence-corrected chi connectivity index (χ3v) is 14.9. The van der Waals surface area contributed by atoms with E-state index in [0.717, 1.165) is 103 Å². The maximum atomic E-state index is 13.0. The van der Waals surface area contributed by atoms with Gasteiger partial charge < -0.3 is 24.2 Å². The summed E-state index contributed by atoms with van der Waals surface area (Å²) in [5.41, 5.74) is 0. The molecule has 0 saturated heterocycles. The van der Waals surface area contributed by atoms with E-state index >= 15 is 0 Å². The Balaban J connectivity index is 4.70. The Morgan fingerprint density at radius 2 is 0.667 bits per heavy atom. The molecule has 0 amide bonds. The van der Waals surface area contributed by atoms with Crippen LogP contribution in [0.4, 0.5) is 0 Å². The molecule has 2 N–H and O–H groups in total. The Morgan fingerprint density at radius 3 is 1.05 bits per heavy atom. The van der Waals surface area contributed by atoms with Gasteiger partial charge in [-0.1, -0.05) is 261 Å². The molecular formula is C66H119O11P. The van der Waals surface area contributed by atoms with Gasteiger partial charge in [-0.25, -0.2) is 4.57 Å². The third-order valence-electron chi connectivity index (χ3n) is 13.9. The molecule has 0 radical (unpaired) electrons. The highest BCUT2D eigenvalue weighted by molar-refractivity contribution is 7.47. The minimum Gasteiger partial charge on any atom is -0.462 e. The molecule has 0 heterocycles. The van der Waals surface area contributed by atoms with Gasteiger partial charge in [0.2, 0.25) is 0 Å². The van der Waals surface area contributed by atoms with Gasteiger partial charge in [-0.15, -0.1) is 0 Å². The first-order valence-corrected chi connectivity index (χ1v) is 33.7. The molecule has 0 aliphatic heterocycles. The summed E-state index contributed by atoms with van der Waals surface area (Å²) in [7, 11) is -4.76. The van der Waals surface area contributed by atoms with Crippen LogP contribution in [0.25, 0.3) is 0 Å². The number of esters is 3. The molecule has 0 spiro atoms. The Bertz CT molecular complexity index is 1540. The summed E-state index contributed by atoms with van der Waals surface area (Å²) >= 11 is 0. The minimum atomic E-state index is -4.76. The molecular weight excluding hydrogens is 1000 g/mol. The smallest absolute Gasteiger partial charge is 0.462 e. The van der Waals surface area contributed by atoms with E-state index in [1.165, 1.54) is 141 Å². The Labute approximate surface area is 478 Å². The van der Waals surface area contributed by atoms with Gasteiger partial charge in [0, 0.05) is 19.3 Å². The maximum Gasteiger partial charge on any atom is 0.472 e. The van der Waals surface area contributed by atoms with Crippen molar-refractivity contribution in [2.45, 2.75) is 315 Å². The number of carbonyl (C=O) groups is 3. The number of ether oxygens (including phenoxy) is 3. The number of unbranched alkanes of at least 4 members (excludes halogenated alkanes) is 33. The van der Waals surface area contributed by atoms with Gasteiger partial charge in [0.15, 0.2) is 6.10 Å². The number of phosphoric ester groups is 1. The predicted molar refractivity (Wildman–Crippen MR) is 325 cm³/mol. The van der Waals surface area contributed by atoms with Crippen molar-refractivity contribution < 1.29 is 52.2 Å². The van der Waals surface area contributed by atoms with E-state index in [-0.39, 0.29) is 25.9 Å². The molecule has 0 saturated carbocycles. The van der Waals surface area contributed by atoms with Crippen molar-refractivity contribution >= 4 is 25.7 Å². The number of aliphatic hydroxyl groups excluding tert-OH is 1. The standard InChI is InChI=1S/C66H119O11P/c1-4-7-10-13-16-19-22-25-28-30-31-33-36-39-42-45-48-51-54-57-66(70)77-63(59-73-64(68)55-52-49-46-43-40-37-35-32-29-26-23-20-17-14-11-8-5-2)61-75-78(71,72)74-60-62(58-67)76-65(69)56-53-50-47-44-41-38-34-27-24-21-18-15-12-9-6-3/h9,12,17-18,20-21,26-27,29,34,62-63,67H,4-8,10-11,13-16,19,22-25,28,30-33,35-61H2,1-3H3,(H,71,72)/b12-9-,20-17-,21-18-,29-26-,34-27-. The highest BCUT2D eigenvalue weighted by Crippen LogP contribution is 2.43. The van der Waals surface area contributed by atoms with Gasteiger partial charge in [0.05, 0.1) is 19.8 Å².